The van der Waals surface area contributed by atoms with Crippen molar-refractivity contribution in [3.63, 3.8) is 0 Å². The first-order valence-electron chi connectivity index (χ1n) is 7.83. The van der Waals surface area contributed by atoms with Crippen molar-refractivity contribution in [2.45, 2.75) is 6.92 Å². The summed E-state index contributed by atoms with van der Waals surface area (Å²) in [6, 6.07) is 7.82. The van der Waals surface area contributed by atoms with Crippen molar-refractivity contribution >= 4 is 23.9 Å². The van der Waals surface area contributed by atoms with Crippen LogP contribution in [0, 0.1) is 12.7 Å². The topological polar surface area (TPSA) is 115 Å². The summed E-state index contributed by atoms with van der Waals surface area (Å²) < 4.78 is 18.8. The van der Waals surface area contributed by atoms with E-state index >= 15 is 0 Å². The third-order valence-corrected chi connectivity index (χ3v) is 3.33. The number of anilines is 1. The number of nitrogens with one attached hydrogen (secondary N) is 1. The third kappa shape index (κ3) is 4.60. The minimum Gasteiger partial charge on any atom is -0.454 e. The first-order valence-corrected chi connectivity index (χ1v) is 7.83. The molecule has 0 aliphatic carbocycles. The number of halogens is 1. The number of hydrogen-bond acceptors (Lipinski definition) is 6. The van der Waals surface area contributed by atoms with Gasteiger partial charge in [0.25, 0.3) is 5.91 Å². The summed E-state index contributed by atoms with van der Waals surface area (Å²) >= 11 is 0. The second-order valence-electron chi connectivity index (χ2n) is 5.38. The van der Waals surface area contributed by atoms with Crippen LogP contribution in [0.1, 0.15) is 17.5 Å². The number of rotatable bonds is 5. The molecule has 3 heterocycles. The van der Waals surface area contributed by atoms with E-state index in [4.69, 9.17) is 10.5 Å². The quantitative estimate of drug-likeness (QED) is 0.528. The van der Waals surface area contributed by atoms with Gasteiger partial charge in [-0.05, 0) is 25.1 Å². The van der Waals surface area contributed by atoms with Crippen LogP contribution in [0.2, 0.25) is 0 Å². The molecule has 3 rings (SSSR count). The van der Waals surface area contributed by atoms with E-state index in [0.29, 0.717) is 5.82 Å². The zero-order chi connectivity index (χ0) is 19.2. The van der Waals surface area contributed by atoms with Gasteiger partial charge in [-0.2, -0.15) is 0 Å². The molecule has 3 N–H and O–H groups in total. The smallest absolute Gasteiger partial charge is 0.260 e. The van der Waals surface area contributed by atoms with E-state index in [-0.39, 0.29) is 24.3 Å². The first-order chi connectivity index (χ1) is 13.0. The standard InChI is InChI=1S/C18H15FN6O2.H2/c1-11-3-2-4-16(24-11)25-18(26)15-6-14(9-22-17(15)23-10-20)27-13-5-12(19)7-21-8-13;/h2-10H,1H3,(H2,20,22,23)(H,24,25,26);1H. The van der Waals surface area contributed by atoms with Gasteiger partial charge in [-0.3, -0.25) is 9.78 Å². The molecule has 0 aliphatic heterocycles. The molecule has 0 unspecified atom stereocenters. The molecule has 0 radical (unpaired) electrons. The van der Waals surface area contributed by atoms with E-state index < -0.39 is 11.7 Å². The molecule has 1 amide bonds. The summed E-state index contributed by atoms with van der Waals surface area (Å²) in [4.78, 5) is 28.5. The molecule has 9 heteroatoms. The van der Waals surface area contributed by atoms with E-state index in [1.54, 1.807) is 12.1 Å². The lowest BCUT2D eigenvalue weighted by Gasteiger charge is -2.10. The summed E-state index contributed by atoms with van der Waals surface area (Å²) in [5.41, 5.74) is 6.19. The van der Waals surface area contributed by atoms with Crippen LogP contribution in [0.3, 0.4) is 0 Å². The van der Waals surface area contributed by atoms with E-state index in [1.807, 2.05) is 13.0 Å². The monoisotopic (exact) mass is 368 g/mol. The lowest BCUT2D eigenvalue weighted by molar-refractivity contribution is 0.102. The molecule has 0 atom stereocenters. The number of nitrogens with two attached hydrogens (primary N) is 1. The van der Waals surface area contributed by atoms with Gasteiger partial charge in [-0.15, -0.1) is 0 Å². The van der Waals surface area contributed by atoms with Crippen LogP contribution in [-0.2, 0) is 0 Å². The zero-order valence-corrected chi connectivity index (χ0v) is 14.3. The van der Waals surface area contributed by atoms with Crippen LogP contribution in [0.4, 0.5) is 16.0 Å². The molecule has 0 bridgehead atoms. The predicted octanol–water partition coefficient (Wildman–Crippen LogP) is 3.23. The fraction of sp³-hybridized carbons (Fsp3) is 0.0556. The second-order valence-corrected chi connectivity index (χ2v) is 5.38. The largest absolute Gasteiger partial charge is 0.454 e. The molecule has 0 saturated carbocycles. The maximum atomic E-state index is 13.3. The Morgan fingerprint density at radius 1 is 1.30 bits per heavy atom. The fourth-order valence-corrected chi connectivity index (χ4v) is 2.22. The summed E-state index contributed by atoms with van der Waals surface area (Å²) in [6.45, 7) is 1.81. The predicted molar refractivity (Wildman–Crippen MR) is 99.9 cm³/mol. The molecular formula is C18H17FN6O2. The summed E-state index contributed by atoms with van der Waals surface area (Å²) in [6.07, 6.45) is 4.76. The van der Waals surface area contributed by atoms with E-state index in [2.05, 4.69) is 25.3 Å². The summed E-state index contributed by atoms with van der Waals surface area (Å²) in [5, 5.41) is 2.67. The number of aromatic nitrogens is 3. The van der Waals surface area contributed by atoms with E-state index in [1.165, 1.54) is 18.5 Å². The van der Waals surface area contributed by atoms with Crippen LogP contribution in [0.25, 0.3) is 0 Å². The fourth-order valence-electron chi connectivity index (χ4n) is 2.22. The lowest BCUT2D eigenvalue weighted by atomic mass is 10.2. The average Bonchev–Trinajstić information content (AvgIpc) is 2.63. The molecule has 138 valence electrons. The minimum absolute atomic E-state index is 0. The number of hydrogen-bond donors (Lipinski definition) is 2. The summed E-state index contributed by atoms with van der Waals surface area (Å²) in [7, 11) is 0. The van der Waals surface area contributed by atoms with Gasteiger partial charge in [-0.25, -0.2) is 19.4 Å². The molecule has 3 aromatic rings. The normalized spacial score (nSPS) is 10.7. The molecule has 3 aromatic heterocycles. The summed E-state index contributed by atoms with van der Waals surface area (Å²) in [5.74, 6) is -0.188. The van der Waals surface area contributed by atoms with Gasteiger partial charge < -0.3 is 15.8 Å². The SMILES string of the molecule is Cc1cccc(NC(=O)c2cc(Oc3cncc(F)c3)cnc2/N=C\N)n1.[HH]. The van der Waals surface area contributed by atoms with Crippen molar-refractivity contribution < 1.29 is 15.3 Å². The Morgan fingerprint density at radius 2 is 2.11 bits per heavy atom. The maximum Gasteiger partial charge on any atom is 0.260 e. The average molecular weight is 368 g/mol. The Kier molecular flexibility index (Phi) is 5.31. The maximum absolute atomic E-state index is 13.3. The van der Waals surface area contributed by atoms with Crippen LogP contribution in [0.15, 0.2) is 53.9 Å². The van der Waals surface area contributed by atoms with Gasteiger partial charge in [0.05, 0.1) is 30.5 Å². The van der Waals surface area contributed by atoms with E-state index in [0.717, 1.165) is 24.3 Å². The number of pyridine rings is 3. The molecule has 0 aromatic carbocycles. The molecule has 0 fully saturated rings. The van der Waals surface area contributed by atoms with Crippen molar-refractivity contribution in [2.75, 3.05) is 5.32 Å². The third-order valence-electron chi connectivity index (χ3n) is 3.33. The second kappa shape index (κ2) is 8.00. The highest BCUT2D eigenvalue weighted by atomic mass is 19.1. The van der Waals surface area contributed by atoms with Gasteiger partial charge >= 0.3 is 0 Å². The Balaban J connectivity index is 0.00000280. The van der Waals surface area contributed by atoms with Crippen molar-refractivity contribution in [2.24, 2.45) is 10.7 Å². The van der Waals surface area contributed by atoms with Crippen molar-refractivity contribution in [1.82, 2.24) is 15.0 Å². The van der Waals surface area contributed by atoms with Gasteiger partial charge in [0.1, 0.15) is 23.1 Å². The Labute approximate surface area is 155 Å². The van der Waals surface area contributed by atoms with Crippen LogP contribution in [0.5, 0.6) is 11.5 Å². The Bertz CT molecular complexity index is 1010. The van der Waals surface area contributed by atoms with Crippen LogP contribution >= 0.6 is 0 Å². The molecule has 0 aliphatic rings. The van der Waals surface area contributed by atoms with Gasteiger partial charge in [0, 0.05) is 13.2 Å². The molecule has 8 nitrogen and oxygen atoms in total. The first kappa shape index (κ1) is 17.9. The van der Waals surface area contributed by atoms with Gasteiger partial charge in [0.2, 0.25) is 0 Å². The van der Waals surface area contributed by atoms with Gasteiger partial charge in [-0.1, -0.05) is 6.07 Å². The van der Waals surface area contributed by atoms with Crippen LogP contribution in [-0.4, -0.2) is 27.2 Å². The van der Waals surface area contributed by atoms with E-state index in [9.17, 15) is 9.18 Å². The molecule has 27 heavy (non-hydrogen) atoms. The highest BCUT2D eigenvalue weighted by Crippen LogP contribution is 2.26. The number of carbonyl (C=O) groups is 1. The van der Waals surface area contributed by atoms with Crippen molar-refractivity contribution in [1.29, 1.82) is 0 Å². The molecule has 0 saturated heterocycles. The van der Waals surface area contributed by atoms with Crippen molar-refractivity contribution in [3.8, 4) is 11.5 Å². The molecule has 0 spiro atoms. The number of ether oxygens (including phenoxy) is 1. The lowest BCUT2D eigenvalue weighted by Crippen LogP contribution is -2.14. The van der Waals surface area contributed by atoms with Crippen LogP contribution < -0.4 is 15.8 Å². The highest BCUT2D eigenvalue weighted by molar-refractivity contribution is 6.07. The Hall–Kier alpha value is -3.88. The number of nitrogens with zero attached hydrogens (tertiary/aromatic N) is 4. The number of amides is 1. The highest BCUT2D eigenvalue weighted by Gasteiger charge is 2.15. The minimum atomic E-state index is -0.548. The number of carbonyl (C=O) groups excluding carboxylic acids is 1. The van der Waals surface area contributed by atoms with Gasteiger partial charge in [0.15, 0.2) is 5.82 Å². The Morgan fingerprint density at radius 3 is 2.85 bits per heavy atom. The molecular weight excluding hydrogens is 351 g/mol. The van der Waals surface area contributed by atoms with Crippen molar-refractivity contribution in [3.05, 3.63) is 66.0 Å². The zero-order valence-electron chi connectivity index (χ0n) is 14.3. The number of aryl methyl sites for hydroxylation is 1. The number of aliphatic imine (C=N–C) groups is 1.